The van der Waals surface area contributed by atoms with Crippen LogP contribution in [0, 0.1) is 0 Å². The first-order valence-corrected chi connectivity index (χ1v) is 10.7. The molecule has 3 rings (SSSR count). The standard InChI is InChI=1S/C22H22N2O5S/c1-28-18-8-10-20(11-9-18)30(26,27)21(17-6-4-12-23-14-17)15-24-22(25)16-5-3-7-19(13-16)29-2/h3-14,21H,15H2,1-2H3,(H,24,25). The molecule has 0 aliphatic heterocycles. The molecule has 0 aliphatic rings. The number of hydrogen-bond acceptors (Lipinski definition) is 6. The normalized spacial score (nSPS) is 12.1. The lowest BCUT2D eigenvalue weighted by molar-refractivity contribution is 0.0953. The highest BCUT2D eigenvalue weighted by molar-refractivity contribution is 7.91. The first-order chi connectivity index (χ1) is 14.5. The molecule has 8 heteroatoms. The molecule has 1 unspecified atom stereocenters. The van der Waals surface area contributed by atoms with Crippen LogP contribution >= 0.6 is 0 Å². The van der Waals surface area contributed by atoms with Crippen molar-refractivity contribution in [3.63, 3.8) is 0 Å². The Bertz CT molecular complexity index is 1100. The predicted octanol–water partition coefficient (Wildman–Crippen LogP) is 3.04. The zero-order chi connectivity index (χ0) is 21.6. The molecule has 3 aromatic rings. The molecule has 1 amide bonds. The zero-order valence-electron chi connectivity index (χ0n) is 16.6. The molecule has 1 heterocycles. The molecular weight excluding hydrogens is 404 g/mol. The number of hydrogen-bond donors (Lipinski definition) is 1. The summed E-state index contributed by atoms with van der Waals surface area (Å²) in [5.41, 5.74) is 0.861. The molecule has 7 nitrogen and oxygen atoms in total. The summed E-state index contributed by atoms with van der Waals surface area (Å²) < 4.78 is 36.9. The van der Waals surface area contributed by atoms with Gasteiger partial charge in [0.2, 0.25) is 0 Å². The fourth-order valence-corrected chi connectivity index (χ4v) is 4.60. The molecule has 0 bridgehead atoms. The SMILES string of the molecule is COc1ccc(S(=O)(=O)C(CNC(=O)c2cccc(OC)c2)c2cccnc2)cc1. The van der Waals surface area contributed by atoms with Gasteiger partial charge in [0.25, 0.3) is 5.91 Å². The number of methoxy groups -OCH3 is 2. The number of pyridine rings is 1. The second-order valence-electron chi connectivity index (χ2n) is 6.44. The average molecular weight is 426 g/mol. The molecule has 30 heavy (non-hydrogen) atoms. The lowest BCUT2D eigenvalue weighted by Gasteiger charge is -2.19. The minimum Gasteiger partial charge on any atom is -0.497 e. The van der Waals surface area contributed by atoms with Crippen molar-refractivity contribution in [2.24, 2.45) is 0 Å². The maximum atomic E-state index is 13.3. The van der Waals surface area contributed by atoms with Crippen molar-refractivity contribution in [2.45, 2.75) is 10.1 Å². The number of sulfone groups is 1. The fourth-order valence-electron chi connectivity index (χ4n) is 2.95. The van der Waals surface area contributed by atoms with Gasteiger partial charge in [-0.1, -0.05) is 12.1 Å². The summed E-state index contributed by atoms with van der Waals surface area (Å²) in [5.74, 6) is 0.697. The molecule has 2 aromatic carbocycles. The second-order valence-corrected chi connectivity index (χ2v) is 8.57. The van der Waals surface area contributed by atoms with Crippen LogP contribution in [0.5, 0.6) is 11.5 Å². The molecule has 0 radical (unpaired) electrons. The van der Waals surface area contributed by atoms with Gasteiger partial charge in [-0.3, -0.25) is 9.78 Å². The van der Waals surface area contributed by atoms with Gasteiger partial charge < -0.3 is 14.8 Å². The van der Waals surface area contributed by atoms with Crippen molar-refractivity contribution in [3.05, 3.63) is 84.2 Å². The third kappa shape index (κ3) is 4.77. The Morgan fingerprint density at radius 2 is 1.73 bits per heavy atom. The number of carbonyl (C=O) groups is 1. The molecule has 1 aromatic heterocycles. The molecule has 156 valence electrons. The maximum Gasteiger partial charge on any atom is 0.251 e. The molecule has 1 atom stereocenters. The van der Waals surface area contributed by atoms with Gasteiger partial charge in [0.1, 0.15) is 16.7 Å². The molecule has 0 aliphatic carbocycles. The van der Waals surface area contributed by atoms with E-state index < -0.39 is 21.0 Å². The second kappa shape index (κ2) is 9.41. The Kier molecular flexibility index (Phi) is 6.68. The van der Waals surface area contributed by atoms with E-state index in [-0.39, 0.29) is 11.4 Å². The van der Waals surface area contributed by atoms with Crippen molar-refractivity contribution in [1.29, 1.82) is 0 Å². The molecule has 0 saturated heterocycles. The number of nitrogens with one attached hydrogen (secondary N) is 1. The van der Waals surface area contributed by atoms with Crippen LogP contribution in [0.2, 0.25) is 0 Å². The lowest BCUT2D eigenvalue weighted by atomic mass is 10.2. The highest BCUT2D eigenvalue weighted by Crippen LogP contribution is 2.29. The Hall–Kier alpha value is -3.39. The summed E-state index contributed by atoms with van der Waals surface area (Å²) >= 11 is 0. The summed E-state index contributed by atoms with van der Waals surface area (Å²) in [6.45, 7) is -0.115. The van der Waals surface area contributed by atoms with Crippen molar-refractivity contribution in [3.8, 4) is 11.5 Å². The van der Waals surface area contributed by atoms with E-state index in [0.29, 0.717) is 22.6 Å². The first kappa shape index (κ1) is 21.3. The minimum atomic E-state index is -3.80. The van der Waals surface area contributed by atoms with Crippen LogP contribution in [0.4, 0.5) is 0 Å². The highest BCUT2D eigenvalue weighted by Gasteiger charge is 2.30. The summed E-state index contributed by atoms with van der Waals surface area (Å²) in [6, 6.07) is 16.1. The Morgan fingerprint density at radius 1 is 1.00 bits per heavy atom. The molecular formula is C22H22N2O5S. The third-order valence-electron chi connectivity index (χ3n) is 4.60. The Balaban J connectivity index is 1.88. The van der Waals surface area contributed by atoms with E-state index in [0.717, 1.165) is 0 Å². The van der Waals surface area contributed by atoms with Crippen LogP contribution < -0.4 is 14.8 Å². The van der Waals surface area contributed by atoms with Gasteiger partial charge in [-0.25, -0.2) is 8.42 Å². The van der Waals surface area contributed by atoms with Crippen LogP contribution in [0.3, 0.4) is 0 Å². The number of rotatable bonds is 8. The summed E-state index contributed by atoms with van der Waals surface area (Å²) in [4.78, 5) is 16.8. The van der Waals surface area contributed by atoms with Crippen molar-refractivity contribution in [1.82, 2.24) is 10.3 Å². The van der Waals surface area contributed by atoms with Crippen LogP contribution in [0.25, 0.3) is 0 Å². The quantitative estimate of drug-likeness (QED) is 0.595. The monoisotopic (exact) mass is 426 g/mol. The number of ether oxygens (including phenoxy) is 2. The van der Waals surface area contributed by atoms with E-state index in [1.54, 1.807) is 54.7 Å². The lowest BCUT2D eigenvalue weighted by Crippen LogP contribution is -2.32. The van der Waals surface area contributed by atoms with Crippen LogP contribution in [0.15, 0.2) is 78.0 Å². The number of benzene rings is 2. The largest absolute Gasteiger partial charge is 0.497 e. The van der Waals surface area contributed by atoms with Crippen molar-refractivity contribution in [2.75, 3.05) is 20.8 Å². The summed E-state index contributed by atoms with van der Waals surface area (Å²) in [7, 11) is -0.784. The van der Waals surface area contributed by atoms with Gasteiger partial charge >= 0.3 is 0 Å². The van der Waals surface area contributed by atoms with E-state index in [4.69, 9.17) is 9.47 Å². The summed E-state index contributed by atoms with van der Waals surface area (Å²) in [5, 5.41) is 1.72. The molecule has 1 N–H and O–H groups in total. The van der Waals surface area contributed by atoms with Gasteiger partial charge in [-0.15, -0.1) is 0 Å². The third-order valence-corrected chi connectivity index (χ3v) is 6.72. The minimum absolute atomic E-state index is 0.115. The number of amides is 1. The van der Waals surface area contributed by atoms with Crippen molar-refractivity contribution < 1.29 is 22.7 Å². The van der Waals surface area contributed by atoms with Crippen LogP contribution in [0.1, 0.15) is 21.2 Å². The van der Waals surface area contributed by atoms with Gasteiger partial charge in [-0.2, -0.15) is 0 Å². The zero-order valence-corrected chi connectivity index (χ0v) is 17.4. The van der Waals surface area contributed by atoms with E-state index >= 15 is 0 Å². The highest BCUT2D eigenvalue weighted by atomic mass is 32.2. The van der Waals surface area contributed by atoms with Crippen LogP contribution in [-0.4, -0.2) is 40.1 Å². The molecule has 0 fully saturated rings. The van der Waals surface area contributed by atoms with Gasteiger partial charge in [0.15, 0.2) is 9.84 Å². The topological polar surface area (TPSA) is 94.6 Å². The van der Waals surface area contributed by atoms with E-state index in [9.17, 15) is 13.2 Å². The maximum absolute atomic E-state index is 13.3. The first-order valence-electron chi connectivity index (χ1n) is 9.16. The fraction of sp³-hybridized carbons (Fsp3) is 0.182. The van der Waals surface area contributed by atoms with E-state index in [1.807, 2.05) is 0 Å². The van der Waals surface area contributed by atoms with Crippen molar-refractivity contribution >= 4 is 15.7 Å². The Morgan fingerprint density at radius 3 is 2.37 bits per heavy atom. The van der Waals surface area contributed by atoms with Crippen LogP contribution in [-0.2, 0) is 9.84 Å². The van der Waals surface area contributed by atoms with Gasteiger partial charge in [0, 0.05) is 24.5 Å². The number of aromatic nitrogens is 1. The molecule has 0 spiro atoms. The molecule has 0 saturated carbocycles. The van der Waals surface area contributed by atoms with E-state index in [1.165, 1.54) is 32.5 Å². The average Bonchev–Trinajstić information content (AvgIpc) is 2.79. The summed E-state index contributed by atoms with van der Waals surface area (Å²) in [6.07, 6.45) is 3.05. The number of nitrogens with zero attached hydrogens (tertiary/aromatic N) is 1. The van der Waals surface area contributed by atoms with E-state index in [2.05, 4.69) is 10.3 Å². The predicted molar refractivity (Wildman–Crippen MR) is 112 cm³/mol. The Labute approximate surface area is 175 Å². The van der Waals surface area contributed by atoms with Gasteiger partial charge in [-0.05, 0) is 54.1 Å². The smallest absolute Gasteiger partial charge is 0.251 e. The van der Waals surface area contributed by atoms with Gasteiger partial charge in [0.05, 0.1) is 19.1 Å². The number of carbonyl (C=O) groups excluding carboxylic acids is 1.